The van der Waals surface area contributed by atoms with Crippen LogP contribution in [-0.2, 0) is 35.1 Å². The Morgan fingerprint density at radius 2 is 2.04 bits per heavy atom. The number of fused-ring (bicyclic) bond motifs is 1. The minimum absolute atomic E-state index is 0.123. The predicted octanol–water partition coefficient (Wildman–Crippen LogP) is -0.571. The van der Waals surface area contributed by atoms with E-state index < -0.39 is 45.6 Å². The van der Waals surface area contributed by atoms with Gasteiger partial charge in [0, 0.05) is 5.75 Å². The molecule has 27 heavy (non-hydrogen) atoms. The van der Waals surface area contributed by atoms with Gasteiger partial charge in [-0.1, -0.05) is 30.3 Å². The molecule has 2 aliphatic heterocycles. The van der Waals surface area contributed by atoms with Crippen molar-refractivity contribution in [3.63, 3.8) is 0 Å². The van der Waals surface area contributed by atoms with Crippen molar-refractivity contribution in [1.82, 2.24) is 10.2 Å². The minimum Gasteiger partial charge on any atom is -0.479 e. The summed E-state index contributed by atoms with van der Waals surface area (Å²) in [7, 11) is -4.03. The highest BCUT2D eigenvalue weighted by molar-refractivity contribution is 8.00. The first kappa shape index (κ1) is 19.6. The molecule has 2 heterocycles. The summed E-state index contributed by atoms with van der Waals surface area (Å²) in [6.07, 6.45) is 0.886. The first-order chi connectivity index (χ1) is 12.6. The normalized spacial score (nSPS) is 27.4. The third kappa shape index (κ3) is 4.09. The second-order valence-corrected chi connectivity index (χ2v) is 9.14. The van der Waals surface area contributed by atoms with Crippen LogP contribution < -0.4 is 5.32 Å². The second-order valence-electron chi connectivity index (χ2n) is 6.46. The lowest BCUT2D eigenvalue weighted by Crippen LogP contribution is -2.75. The van der Waals surface area contributed by atoms with Crippen LogP contribution in [0.15, 0.2) is 30.3 Å². The summed E-state index contributed by atoms with van der Waals surface area (Å²) in [6, 6.07) is 8.28. The zero-order valence-electron chi connectivity index (χ0n) is 14.3. The van der Waals surface area contributed by atoms with Gasteiger partial charge in [-0.25, -0.2) is 8.98 Å². The Morgan fingerprint density at radius 3 is 2.63 bits per heavy atom. The number of benzene rings is 1. The summed E-state index contributed by atoms with van der Waals surface area (Å²) in [6.45, 7) is -0.392. The average Bonchev–Trinajstić information content (AvgIpc) is 2.59. The van der Waals surface area contributed by atoms with Crippen LogP contribution in [0.4, 0.5) is 0 Å². The molecule has 1 aromatic carbocycles. The summed E-state index contributed by atoms with van der Waals surface area (Å²) >= 11 is 1.07. The van der Waals surface area contributed by atoms with Crippen molar-refractivity contribution in [2.45, 2.75) is 23.4 Å². The van der Waals surface area contributed by atoms with Gasteiger partial charge in [0.05, 0.1) is 19.2 Å². The van der Waals surface area contributed by atoms with Crippen LogP contribution in [0.1, 0.15) is 5.56 Å². The van der Waals surface area contributed by atoms with E-state index in [-0.39, 0.29) is 18.1 Å². The molecule has 146 valence electrons. The van der Waals surface area contributed by atoms with Gasteiger partial charge in [0.15, 0.2) is 0 Å². The van der Waals surface area contributed by atoms with Crippen LogP contribution in [0.2, 0.25) is 0 Å². The number of carbonyl (C=O) groups is 3. The van der Waals surface area contributed by atoms with Crippen molar-refractivity contribution in [2.75, 3.05) is 18.6 Å². The van der Waals surface area contributed by atoms with Gasteiger partial charge in [-0.2, -0.15) is 8.42 Å². The van der Waals surface area contributed by atoms with Gasteiger partial charge in [0.25, 0.3) is 10.1 Å². The van der Waals surface area contributed by atoms with E-state index in [1.54, 1.807) is 12.1 Å². The lowest BCUT2D eigenvalue weighted by Gasteiger charge is -2.53. The molecule has 9 nitrogen and oxygen atoms in total. The highest BCUT2D eigenvalue weighted by Crippen LogP contribution is 2.40. The third-order valence-corrected chi connectivity index (χ3v) is 6.40. The van der Waals surface area contributed by atoms with Crippen LogP contribution in [0, 0.1) is 0 Å². The zero-order chi connectivity index (χ0) is 19.8. The number of thioether (sulfide) groups is 1. The molecule has 2 amide bonds. The van der Waals surface area contributed by atoms with E-state index in [1.807, 2.05) is 18.2 Å². The number of carbonyl (C=O) groups excluding carboxylic acids is 2. The molecule has 0 saturated carbocycles. The first-order valence-electron chi connectivity index (χ1n) is 8.01. The highest BCUT2D eigenvalue weighted by Gasteiger charge is 2.59. The summed E-state index contributed by atoms with van der Waals surface area (Å²) in [5.41, 5.74) is -1.22. The number of hydrogen-bond acceptors (Lipinski definition) is 7. The molecule has 3 rings (SSSR count). The molecular weight excluding hydrogens is 396 g/mol. The molecule has 11 heteroatoms. The van der Waals surface area contributed by atoms with E-state index in [2.05, 4.69) is 5.32 Å². The fourth-order valence-corrected chi connectivity index (χ4v) is 5.35. The molecule has 3 atom stereocenters. The number of carboxylic acid groups (broad SMARTS) is 1. The first-order valence-corrected chi connectivity index (χ1v) is 10.9. The highest BCUT2D eigenvalue weighted by atomic mass is 32.2. The number of aliphatic carboxylic acids is 1. The Morgan fingerprint density at radius 1 is 1.37 bits per heavy atom. The second kappa shape index (κ2) is 7.13. The van der Waals surface area contributed by atoms with Gasteiger partial charge in [-0.15, -0.1) is 11.8 Å². The fourth-order valence-electron chi connectivity index (χ4n) is 3.06. The maximum absolute atomic E-state index is 12.4. The maximum Gasteiger partial charge on any atom is 0.340 e. The van der Waals surface area contributed by atoms with Crippen molar-refractivity contribution in [1.29, 1.82) is 0 Å². The van der Waals surface area contributed by atoms with Gasteiger partial charge >= 0.3 is 5.97 Å². The van der Waals surface area contributed by atoms with Gasteiger partial charge in [0.1, 0.15) is 11.4 Å². The van der Waals surface area contributed by atoms with Gasteiger partial charge in [-0.3, -0.25) is 9.59 Å². The topological polar surface area (TPSA) is 130 Å². The van der Waals surface area contributed by atoms with E-state index in [0.29, 0.717) is 0 Å². The molecule has 0 radical (unpaired) electrons. The Hall–Kier alpha value is -2.11. The molecular formula is C16H18N2O7S2. The number of amides is 2. The molecule has 2 aliphatic rings. The molecule has 2 saturated heterocycles. The largest absolute Gasteiger partial charge is 0.479 e. The quantitative estimate of drug-likeness (QED) is 0.467. The monoisotopic (exact) mass is 414 g/mol. The maximum atomic E-state index is 12.4. The summed E-state index contributed by atoms with van der Waals surface area (Å²) in [4.78, 5) is 37.3. The van der Waals surface area contributed by atoms with Crippen LogP contribution in [0.5, 0.6) is 0 Å². The van der Waals surface area contributed by atoms with Crippen LogP contribution in [0.3, 0.4) is 0 Å². The Labute approximate surface area is 160 Å². The smallest absolute Gasteiger partial charge is 0.340 e. The summed E-state index contributed by atoms with van der Waals surface area (Å²) in [5, 5.41) is 11.6. The Bertz CT molecular complexity index is 874. The number of rotatable bonds is 6. The van der Waals surface area contributed by atoms with E-state index in [9.17, 15) is 27.9 Å². The summed E-state index contributed by atoms with van der Waals surface area (Å²) < 4.78 is 27.6. The zero-order valence-corrected chi connectivity index (χ0v) is 16.0. The van der Waals surface area contributed by atoms with Crippen molar-refractivity contribution in [3.8, 4) is 0 Å². The summed E-state index contributed by atoms with van der Waals surface area (Å²) in [5.74, 6) is -2.39. The number of carboxylic acids is 1. The standard InChI is InChI=1S/C16H18N2O7S2/c1-27(23,24)25-16(15(21)22)8-18-13(20)12(14(18)26-9-16)17-11(19)7-10-5-3-2-4-6-10/h2-6,12,14H,7-9H2,1H3,(H,17,19)(H,21,22)/t12-,14-,16?/m1/s1. The lowest BCUT2D eigenvalue weighted by atomic mass is 9.99. The lowest BCUT2D eigenvalue weighted by molar-refractivity contribution is -0.164. The van der Waals surface area contributed by atoms with Gasteiger partial charge < -0.3 is 15.3 Å². The fraction of sp³-hybridized carbons (Fsp3) is 0.438. The van der Waals surface area contributed by atoms with Crippen molar-refractivity contribution >= 4 is 39.7 Å². The van der Waals surface area contributed by atoms with E-state index in [4.69, 9.17) is 4.18 Å². The number of β-lactam (4-membered cyclic amide) rings is 1. The third-order valence-electron chi connectivity index (χ3n) is 4.28. The average molecular weight is 414 g/mol. The van der Waals surface area contributed by atoms with E-state index >= 15 is 0 Å². The number of nitrogens with one attached hydrogen (secondary N) is 1. The molecule has 2 fully saturated rings. The van der Waals surface area contributed by atoms with Crippen molar-refractivity contribution in [3.05, 3.63) is 35.9 Å². The Balaban J connectivity index is 1.65. The van der Waals surface area contributed by atoms with E-state index in [1.165, 1.54) is 4.90 Å². The molecule has 0 bridgehead atoms. The van der Waals surface area contributed by atoms with Crippen LogP contribution in [0.25, 0.3) is 0 Å². The van der Waals surface area contributed by atoms with Gasteiger partial charge in [0.2, 0.25) is 17.4 Å². The number of nitrogens with zero attached hydrogens (tertiary/aromatic N) is 1. The SMILES string of the molecule is CS(=O)(=O)OC1(C(=O)O)CS[C@@H]2[C@H](NC(=O)Cc3ccccc3)C(=O)N2C1. The molecule has 1 aromatic rings. The molecule has 2 N–H and O–H groups in total. The molecule has 0 spiro atoms. The molecule has 0 aliphatic carbocycles. The minimum atomic E-state index is -4.03. The number of hydrogen-bond donors (Lipinski definition) is 2. The molecule has 1 unspecified atom stereocenters. The van der Waals surface area contributed by atoms with Crippen LogP contribution >= 0.6 is 11.8 Å². The van der Waals surface area contributed by atoms with Crippen molar-refractivity contribution < 1.29 is 32.1 Å². The van der Waals surface area contributed by atoms with Crippen LogP contribution in [-0.4, -0.2) is 71.8 Å². The van der Waals surface area contributed by atoms with Gasteiger partial charge in [-0.05, 0) is 5.56 Å². The van der Waals surface area contributed by atoms with E-state index in [0.717, 1.165) is 23.6 Å². The molecule has 0 aromatic heterocycles. The predicted molar refractivity (Wildman–Crippen MR) is 96.3 cm³/mol. The van der Waals surface area contributed by atoms with Crippen molar-refractivity contribution in [2.24, 2.45) is 0 Å². The Kier molecular flexibility index (Phi) is 5.19.